The van der Waals surface area contributed by atoms with E-state index in [2.05, 4.69) is 25.2 Å². The van der Waals surface area contributed by atoms with Crippen LogP contribution in [0.1, 0.15) is 0 Å². The monoisotopic (exact) mass is 288 g/mol. The van der Waals surface area contributed by atoms with Crippen molar-refractivity contribution < 1.29 is 33.8 Å². The van der Waals surface area contributed by atoms with Gasteiger partial charge < -0.3 is 5.11 Å². The van der Waals surface area contributed by atoms with Crippen LogP contribution in [0.5, 0.6) is 0 Å². The third-order valence-corrected chi connectivity index (χ3v) is 2.52. The fraction of sp³-hybridized carbons (Fsp3) is 0. The largest absolute Gasteiger partial charge is 0.620 e. The Morgan fingerprint density at radius 1 is 0.947 bits per heavy atom. The summed E-state index contributed by atoms with van der Waals surface area (Å²) in [6.07, 6.45) is 4.76. The molecule has 0 rings (SSSR count). The highest BCUT2D eigenvalue weighted by molar-refractivity contribution is 6.75. The van der Waals surface area contributed by atoms with E-state index in [9.17, 15) is 24.0 Å². The van der Waals surface area contributed by atoms with Crippen molar-refractivity contribution in [3.8, 4) is 0 Å². The summed E-state index contributed by atoms with van der Waals surface area (Å²) >= 11 is 0. The molecule has 0 unspecified atom stereocenters. The highest BCUT2D eigenvalue weighted by Crippen LogP contribution is 2.06. The second-order valence-electron chi connectivity index (χ2n) is 1.95. The number of carboxylic acids is 1. The Morgan fingerprint density at radius 2 is 1.16 bits per heavy atom. The molecule has 0 aromatic heterocycles. The van der Waals surface area contributed by atoms with Crippen LogP contribution in [0.25, 0.3) is 0 Å². The lowest BCUT2D eigenvalue weighted by molar-refractivity contribution is -0.131. The molecule has 12 heteroatoms. The van der Waals surface area contributed by atoms with Gasteiger partial charge in [-0.05, 0) is 0 Å². The van der Waals surface area contributed by atoms with E-state index in [0.717, 1.165) is 30.4 Å². The summed E-state index contributed by atoms with van der Waals surface area (Å²) in [5.74, 6) is -0.981. The predicted molar refractivity (Wildman–Crippen MR) is 58.6 cm³/mol. The predicted octanol–water partition coefficient (Wildman–Crippen LogP) is -0.825. The lowest BCUT2D eigenvalue weighted by Crippen LogP contribution is -2.25. The first-order chi connectivity index (χ1) is 8.51. The van der Waals surface area contributed by atoms with Crippen LogP contribution in [0.2, 0.25) is 0 Å². The molecule has 0 atom stereocenters. The van der Waals surface area contributed by atoms with E-state index in [1.54, 1.807) is 0 Å². The number of hydrogen-bond donors (Lipinski definition) is 1. The Bertz CT molecular complexity index is 434. The average molecular weight is 288 g/mol. The highest BCUT2D eigenvalue weighted by Gasteiger charge is 2.37. The molecule has 1 N–H and O–H groups in total. The minimum atomic E-state index is -3.99. The standard InChI is InChI=1S/C4N4O4Si.C3H4O2.FH/c9-1-5-13(6-2-10,7-3-11)8-4-12;1-2-3(4)5;/h;2H,1H2,(H,4,5);1H. The van der Waals surface area contributed by atoms with Crippen molar-refractivity contribution in [2.24, 2.45) is 18.6 Å². The second-order valence-corrected chi connectivity index (χ2v) is 4.05. The summed E-state index contributed by atoms with van der Waals surface area (Å²) in [7, 11) is -3.99. The number of aliphatic carboxylic acids is 1. The van der Waals surface area contributed by atoms with Gasteiger partial charge in [0.2, 0.25) is 24.3 Å². The van der Waals surface area contributed by atoms with Gasteiger partial charge in [-0.3, -0.25) is 4.70 Å². The van der Waals surface area contributed by atoms with E-state index in [1.165, 1.54) is 0 Å². The van der Waals surface area contributed by atoms with Crippen LogP contribution in [0.3, 0.4) is 0 Å². The van der Waals surface area contributed by atoms with Crippen LogP contribution in [0, 0.1) is 0 Å². The Kier molecular flexibility index (Phi) is 14.4. The number of carbonyl (C=O) groups is 1. The van der Waals surface area contributed by atoms with Gasteiger partial charge in [0.05, 0.1) is 0 Å². The Hall–Kier alpha value is -3.12. The third-order valence-electron chi connectivity index (χ3n) is 0.957. The van der Waals surface area contributed by atoms with Gasteiger partial charge in [0, 0.05) is 6.08 Å². The van der Waals surface area contributed by atoms with Crippen LogP contribution in [-0.4, -0.2) is 44.1 Å². The molecule has 0 amide bonds. The number of carbonyl (C=O) groups excluding carboxylic acids is 4. The van der Waals surface area contributed by atoms with Crippen LogP contribution in [-0.2, 0) is 24.0 Å². The first-order valence-corrected chi connectivity index (χ1v) is 5.52. The molecule has 0 aromatic carbocycles. The quantitative estimate of drug-likeness (QED) is 0.301. The van der Waals surface area contributed by atoms with Gasteiger partial charge in [-0.25, -0.2) is 24.0 Å². The van der Waals surface area contributed by atoms with Crippen LogP contribution in [0.15, 0.2) is 31.3 Å². The second kappa shape index (κ2) is 12.9. The number of rotatable bonds is 5. The van der Waals surface area contributed by atoms with Gasteiger partial charge in [0.15, 0.2) is 0 Å². The van der Waals surface area contributed by atoms with Crippen molar-refractivity contribution >= 4 is 39.0 Å². The summed E-state index contributed by atoms with van der Waals surface area (Å²) in [6.45, 7) is 2.96. The maximum Gasteiger partial charge on any atom is 0.620 e. The lowest BCUT2D eigenvalue weighted by atomic mass is 10.7. The Labute approximate surface area is 105 Å². The Morgan fingerprint density at radius 3 is 1.26 bits per heavy atom. The molecule has 0 saturated heterocycles. The molecular weight excluding hydrogens is 283 g/mol. The topological polar surface area (TPSA) is 155 Å². The molecule has 0 heterocycles. The SMILES string of the molecule is C=CC(=O)O.F.O=C=N[Si](N=C=O)(N=C=O)N=C=O. The smallest absolute Gasteiger partial charge is 0.478 e. The van der Waals surface area contributed by atoms with Gasteiger partial charge in [0.25, 0.3) is 0 Å². The summed E-state index contributed by atoms with van der Waals surface area (Å²) in [5, 5.41) is 7.60. The van der Waals surface area contributed by atoms with Gasteiger partial charge >= 0.3 is 14.7 Å². The van der Waals surface area contributed by atoms with E-state index in [0.29, 0.717) is 0 Å². The molecule has 0 spiro atoms. The van der Waals surface area contributed by atoms with E-state index in [4.69, 9.17) is 5.11 Å². The average Bonchev–Trinajstić information content (AvgIpc) is 2.31. The van der Waals surface area contributed by atoms with E-state index in [1.807, 2.05) is 0 Å². The van der Waals surface area contributed by atoms with Crippen molar-refractivity contribution in [3.63, 3.8) is 0 Å². The lowest BCUT2D eigenvalue weighted by Gasteiger charge is -1.97. The fourth-order valence-electron chi connectivity index (χ4n) is 0.395. The zero-order valence-corrected chi connectivity index (χ0v) is 9.97. The minimum Gasteiger partial charge on any atom is -0.478 e. The van der Waals surface area contributed by atoms with Crippen molar-refractivity contribution in [2.45, 2.75) is 0 Å². The molecule has 0 aliphatic rings. The Balaban J connectivity index is -0.000000366. The maximum absolute atomic E-state index is 9.82. The molecule has 0 saturated carbocycles. The molecule has 19 heavy (non-hydrogen) atoms. The molecule has 100 valence electrons. The number of halogens is 1. The van der Waals surface area contributed by atoms with Gasteiger partial charge in [0.1, 0.15) is 0 Å². The highest BCUT2D eigenvalue weighted by atomic mass is 28.4. The van der Waals surface area contributed by atoms with Crippen LogP contribution >= 0.6 is 0 Å². The normalized spacial score (nSPS) is 9.68. The summed E-state index contributed by atoms with van der Waals surface area (Å²) < 4.78 is 11.5. The number of carboxylic acid groups (broad SMARTS) is 1. The molecule has 0 aliphatic heterocycles. The van der Waals surface area contributed by atoms with Gasteiger partial charge in [-0.2, -0.15) is 18.6 Å². The van der Waals surface area contributed by atoms with E-state index in [-0.39, 0.29) is 4.70 Å². The summed E-state index contributed by atoms with van der Waals surface area (Å²) in [6, 6.07) is 0. The molecule has 0 bridgehead atoms. The van der Waals surface area contributed by atoms with Crippen molar-refractivity contribution in [3.05, 3.63) is 12.7 Å². The van der Waals surface area contributed by atoms with Crippen molar-refractivity contribution in [1.82, 2.24) is 0 Å². The van der Waals surface area contributed by atoms with Crippen LogP contribution < -0.4 is 0 Å². The molecule has 0 aromatic rings. The van der Waals surface area contributed by atoms with Crippen LogP contribution in [0.4, 0.5) is 4.70 Å². The van der Waals surface area contributed by atoms with Crippen molar-refractivity contribution in [2.75, 3.05) is 0 Å². The molecule has 0 aliphatic carbocycles. The minimum absolute atomic E-state index is 0. The molecule has 0 fully saturated rings. The first kappa shape index (κ1) is 21.2. The first-order valence-electron chi connectivity index (χ1n) is 3.73. The molecular formula is C7H5FN4O6Si. The van der Waals surface area contributed by atoms with E-state index < -0.39 is 14.7 Å². The van der Waals surface area contributed by atoms with Gasteiger partial charge in [-0.1, -0.05) is 6.58 Å². The molecule has 0 radical (unpaired) electrons. The number of nitrogens with zero attached hydrogens (tertiary/aromatic N) is 4. The third kappa shape index (κ3) is 11.1. The maximum atomic E-state index is 9.82. The number of hydrogen-bond acceptors (Lipinski definition) is 9. The summed E-state index contributed by atoms with van der Waals surface area (Å²) in [4.78, 5) is 48.5. The molecule has 10 nitrogen and oxygen atoms in total. The summed E-state index contributed by atoms with van der Waals surface area (Å²) in [5.41, 5.74) is 0. The number of isocyanates is 4. The fourth-order valence-corrected chi connectivity index (χ4v) is 1.18. The van der Waals surface area contributed by atoms with E-state index >= 15 is 0 Å². The van der Waals surface area contributed by atoms with Crippen molar-refractivity contribution in [1.29, 1.82) is 0 Å². The zero-order valence-electron chi connectivity index (χ0n) is 8.97. The zero-order chi connectivity index (χ0) is 14.4. The van der Waals surface area contributed by atoms with Gasteiger partial charge in [-0.15, -0.1) is 0 Å².